The summed E-state index contributed by atoms with van der Waals surface area (Å²) in [6.45, 7) is 2.92. The molecule has 0 bridgehead atoms. The predicted molar refractivity (Wildman–Crippen MR) is 132 cm³/mol. The van der Waals surface area contributed by atoms with Gasteiger partial charge < -0.3 is 14.6 Å². The molecule has 1 N–H and O–H groups in total. The number of nitriles is 1. The Balaban J connectivity index is 1.54. The first-order valence-corrected chi connectivity index (χ1v) is 11.0. The quantitative estimate of drug-likeness (QED) is 0.250. The first-order valence-electron chi connectivity index (χ1n) is 10.6. The van der Waals surface area contributed by atoms with Crippen molar-refractivity contribution in [3.63, 3.8) is 0 Å². The Bertz CT molecular complexity index is 1420. The van der Waals surface area contributed by atoms with E-state index in [1.165, 1.54) is 24.3 Å². The van der Waals surface area contributed by atoms with Gasteiger partial charge in [-0.1, -0.05) is 29.8 Å². The number of benzene rings is 3. The number of ether oxygens (including phenoxy) is 1. The van der Waals surface area contributed by atoms with Crippen molar-refractivity contribution < 1.29 is 13.9 Å². The van der Waals surface area contributed by atoms with Gasteiger partial charge in [0, 0.05) is 33.4 Å². The summed E-state index contributed by atoms with van der Waals surface area (Å²) in [4.78, 5) is 12.6. The van der Waals surface area contributed by atoms with E-state index in [2.05, 4.69) is 5.32 Å². The number of hydrogen-bond acceptors (Lipinski definition) is 3. The fourth-order valence-electron chi connectivity index (χ4n) is 3.58. The van der Waals surface area contributed by atoms with Gasteiger partial charge >= 0.3 is 0 Å². The zero-order valence-corrected chi connectivity index (χ0v) is 19.1. The van der Waals surface area contributed by atoms with Crippen LogP contribution in [0, 0.1) is 24.1 Å². The Labute approximate surface area is 201 Å². The Morgan fingerprint density at radius 2 is 1.94 bits per heavy atom. The zero-order chi connectivity index (χ0) is 24.1. The number of nitrogens with zero attached hydrogens (tertiary/aromatic N) is 2. The van der Waals surface area contributed by atoms with Gasteiger partial charge in [0.1, 0.15) is 29.8 Å². The van der Waals surface area contributed by atoms with Crippen LogP contribution in [0.2, 0.25) is 5.02 Å². The molecular formula is C27H21ClFN3O2. The monoisotopic (exact) mass is 473 g/mol. The van der Waals surface area contributed by atoms with Crippen LogP contribution in [-0.4, -0.2) is 17.1 Å². The molecule has 1 aromatic heterocycles. The minimum Gasteiger partial charge on any atom is -0.492 e. The van der Waals surface area contributed by atoms with Crippen molar-refractivity contribution in [2.45, 2.75) is 13.5 Å². The number of rotatable bonds is 7. The standard InChI is InChI=1S/C27H21ClFN3O2/c1-18-14-23(10-11-25(18)28)34-13-12-32-17-20(24-4-2-3-5-26(24)32)15-19(16-30)27(33)31-22-8-6-21(29)7-9-22/h2-11,14-15,17H,12-13H2,1H3,(H,31,33)/b19-15+. The van der Waals surface area contributed by atoms with Crippen LogP contribution >= 0.6 is 11.6 Å². The second kappa shape index (κ2) is 10.2. The van der Waals surface area contributed by atoms with Crippen LogP contribution in [0.4, 0.5) is 10.1 Å². The van der Waals surface area contributed by atoms with Crippen LogP contribution in [0.15, 0.2) is 78.5 Å². The van der Waals surface area contributed by atoms with Gasteiger partial charge in [-0.2, -0.15) is 5.26 Å². The number of nitrogens with one attached hydrogen (secondary N) is 1. The lowest BCUT2D eigenvalue weighted by molar-refractivity contribution is -0.112. The number of carbonyl (C=O) groups excluding carboxylic acids is 1. The highest BCUT2D eigenvalue weighted by atomic mass is 35.5. The van der Waals surface area contributed by atoms with E-state index in [1.54, 1.807) is 12.1 Å². The molecule has 34 heavy (non-hydrogen) atoms. The van der Waals surface area contributed by atoms with Crippen LogP contribution in [0.3, 0.4) is 0 Å². The van der Waals surface area contributed by atoms with Crippen LogP contribution in [0.1, 0.15) is 11.1 Å². The maximum Gasteiger partial charge on any atom is 0.266 e. The summed E-state index contributed by atoms with van der Waals surface area (Å²) in [5.41, 5.74) is 3.00. The number of hydrogen-bond donors (Lipinski definition) is 1. The maximum atomic E-state index is 13.1. The number of para-hydroxylation sites is 1. The van der Waals surface area contributed by atoms with E-state index >= 15 is 0 Å². The molecule has 170 valence electrons. The molecule has 0 aliphatic carbocycles. The molecule has 0 aliphatic rings. The highest BCUT2D eigenvalue weighted by Crippen LogP contribution is 2.25. The first-order chi connectivity index (χ1) is 16.4. The van der Waals surface area contributed by atoms with E-state index in [4.69, 9.17) is 16.3 Å². The van der Waals surface area contributed by atoms with Crippen LogP contribution in [0.25, 0.3) is 17.0 Å². The smallest absolute Gasteiger partial charge is 0.266 e. The molecule has 0 atom stereocenters. The third-order valence-electron chi connectivity index (χ3n) is 5.32. The second-order valence-electron chi connectivity index (χ2n) is 7.69. The van der Waals surface area contributed by atoms with Crippen LogP contribution < -0.4 is 10.1 Å². The summed E-state index contributed by atoms with van der Waals surface area (Å²) in [5.74, 6) is -0.230. The number of aryl methyl sites for hydroxylation is 1. The van der Waals surface area contributed by atoms with Gasteiger partial charge in [0.25, 0.3) is 5.91 Å². The van der Waals surface area contributed by atoms with Gasteiger partial charge in [0.2, 0.25) is 0 Å². The van der Waals surface area contributed by atoms with Gasteiger partial charge in [-0.25, -0.2) is 4.39 Å². The van der Waals surface area contributed by atoms with E-state index in [1.807, 2.05) is 60.2 Å². The average Bonchev–Trinajstić information content (AvgIpc) is 3.18. The zero-order valence-electron chi connectivity index (χ0n) is 18.4. The Morgan fingerprint density at radius 1 is 1.18 bits per heavy atom. The normalized spacial score (nSPS) is 11.3. The van der Waals surface area contributed by atoms with Gasteiger partial charge in [-0.15, -0.1) is 0 Å². The molecule has 0 spiro atoms. The summed E-state index contributed by atoms with van der Waals surface area (Å²) in [5, 5.41) is 13.8. The van der Waals surface area contributed by atoms with E-state index in [0.29, 0.717) is 23.9 Å². The molecule has 4 aromatic rings. The summed E-state index contributed by atoms with van der Waals surface area (Å²) in [6.07, 6.45) is 3.45. The van der Waals surface area contributed by atoms with Crippen molar-refractivity contribution in [2.24, 2.45) is 0 Å². The average molecular weight is 474 g/mol. The maximum absolute atomic E-state index is 13.1. The summed E-state index contributed by atoms with van der Waals surface area (Å²) >= 11 is 6.07. The molecule has 0 radical (unpaired) electrons. The number of fused-ring (bicyclic) bond motifs is 1. The van der Waals surface area contributed by atoms with E-state index < -0.39 is 11.7 Å². The Kier molecular flexibility index (Phi) is 6.95. The van der Waals surface area contributed by atoms with Crippen molar-refractivity contribution in [1.82, 2.24) is 4.57 Å². The SMILES string of the molecule is Cc1cc(OCCn2cc(/C=C(\C#N)C(=O)Nc3ccc(F)cc3)c3ccccc32)ccc1Cl. The highest BCUT2D eigenvalue weighted by molar-refractivity contribution is 6.31. The molecule has 7 heteroatoms. The molecule has 1 amide bonds. The fraction of sp³-hybridized carbons (Fsp3) is 0.111. The van der Waals surface area contributed by atoms with Crippen molar-refractivity contribution in [2.75, 3.05) is 11.9 Å². The molecule has 3 aromatic carbocycles. The molecule has 5 nitrogen and oxygen atoms in total. The molecular weight excluding hydrogens is 453 g/mol. The number of aromatic nitrogens is 1. The van der Waals surface area contributed by atoms with Gasteiger partial charge in [0.15, 0.2) is 0 Å². The van der Waals surface area contributed by atoms with Crippen molar-refractivity contribution in [1.29, 1.82) is 5.26 Å². The minimum absolute atomic E-state index is 0.0554. The van der Waals surface area contributed by atoms with Crippen LogP contribution in [0.5, 0.6) is 5.75 Å². The number of anilines is 1. The topological polar surface area (TPSA) is 67.0 Å². The van der Waals surface area contributed by atoms with E-state index in [9.17, 15) is 14.4 Å². The summed E-state index contributed by atoms with van der Waals surface area (Å²) < 4.78 is 21.0. The number of carbonyl (C=O) groups is 1. The van der Waals surface area contributed by atoms with E-state index in [0.717, 1.165) is 27.8 Å². The largest absolute Gasteiger partial charge is 0.492 e. The first kappa shape index (κ1) is 23.1. The van der Waals surface area contributed by atoms with Crippen molar-refractivity contribution in [3.8, 4) is 11.8 Å². The molecule has 1 heterocycles. The van der Waals surface area contributed by atoms with Crippen LogP contribution in [-0.2, 0) is 11.3 Å². The minimum atomic E-state index is -0.563. The van der Waals surface area contributed by atoms with Gasteiger partial charge in [-0.05, 0) is 67.1 Å². The molecule has 0 aliphatic heterocycles. The summed E-state index contributed by atoms with van der Waals surface area (Å²) in [6, 6.07) is 20.6. The summed E-state index contributed by atoms with van der Waals surface area (Å²) in [7, 11) is 0. The molecule has 0 fully saturated rings. The number of halogens is 2. The van der Waals surface area contributed by atoms with E-state index in [-0.39, 0.29) is 5.57 Å². The molecule has 0 unspecified atom stereocenters. The highest BCUT2D eigenvalue weighted by Gasteiger charge is 2.13. The third-order valence-corrected chi connectivity index (χ3v) is 5.74. The molecule has 0 saturated heterocycles. The van der Waals surface area contributed by atoms with Crippen molar-refractivity contribution in [3.05, 3.63) is 100 Å². The van der Waals surface area contributed by atoms with Gasteiger partial charge in [-0.3, -0.25) is 4.79 Å². The lowest BCUT2D eigenvalue weighted by Crippen LogP contribution is -2.13. The molecule has 4 rings (SSSR count). The lowest BCUT2D eigenvalue weighted by Gasteiger charge is -2.09. The molecule has 0 saturated carbocycles. The predicted octanol–water partition coefficient (Wildman–Crippen LogP) is 6.37. The number of amides is 1. The van der Waals surface area contributed by atoms with Gasteiger partial charge in [0.05, 0.1) is 6.54 Å². The van der Waals surface area contributed by atoms with Crippen molar-refractivity contribution >= 4 is 40.2 Å². The fourth-order valence-corrected chi connectivity index (χ4v) is 3.70. The third kappa shape index (κ3) is 5.28. The lowest BCUT2D eigenvalue weighted by atomic mass is 10.1. The Hall–Kier alpha value is -4.08. The Morgan fingerprint density at radius 3 is 2.68 bits per heavy atom. The second-order valence-corrected chi connectivity index (χ2v) is 8.09.